The molecule has 0 aliphatic rings. The van der Waals surface area contributed by atoms with Gasteiger partial charge in [-0.15, -0.1) is 11.8 Å². The van der Waals surface area contributed by atoms with Gasteiger partial charge in [-0.1, -0.05) is 18.5 Å². The first-order chi connectivity index (χ1) is 9.04. The highest BCUT2D eigenvalue weighted by atomic mass is 35.5. The van der Waals surface area contributed by atoms with Crippen LogP contribution in [-0.4, -0.2) is 34.4 Å². The second kappa shape index (κ2) is 7.72. The van der Waals surface area contributed by atoms with Crippen LogP contribution in [0.3, 0.4) is 0 Å². The predicted octanol–water partition coefficient (Wildman–Crippen LogP) is 3.06. The van der Waals surface area contributed by atoms with Gasteiger partial charge in [-0.05, 0) is 44.2 Å². The van der Waals surface area contributed by atoms with Crippen LogP contribution in [0, 0.1) is 0 Å². The molecule has 0 aliphatic carbocycles. The molecule has 0 aliphatic heterocycles. The zero-order chi connectivity index (χ0) is 14.3. The Labute approximate surface area is 123 Å². The van der Waals surface area contributed by atoms with Gasteiger partial charge in [0.15, 0.2) is 0 Å². The van der Waals surface area contributed by atoms with Gasteiger partial charge in [0.1, 0.15) is 5.54 Å². The molecule has 0 bridgehead atoms. The SMILES string of the molecule is CCC(CCCSc1ccc(Cl)cn1)(NC)C(=O)O. The van der Waals surface area contributed by atoms with E-state index in [1.807, 2.05) is 13.0 Å². The molecule has 106 valence electrons. The third kappa shape index (κ3) is 4.67. The minimum absolute atomic E-state index is 0.572. The third-order valence-corrected chi connectivity index (χ3v) is 4.44. The third-order valence-electron chi connectivity index (χ3n) is 3.19. The van der Waals surface area contributed by atoms with Crippen LogP contribution >= 0.6 is 23.4 Å². The van der Waals surface area contributed by atoms with E-state index in [1.54, 1.807) is 31.1 Å². The lowest BCUT2D eigenvalue weighted by atomic mass is 9.91. The van der Waals surface area contributed by atoms with Crippen LogP contribution in [0.15, 0.2) is 23.4 Å². The highest BCUT2D eigenvalue weighted by molar-refractivity contribution is 7.99. The van der Waals surface area contributed by atoms with Crippen molar-refractivity contribution in [1.82, 2.24) is 10.3 Å². The molecule has 1 rings (SSSR count). The minimum Gasteiger partial charge on any atom is -0.480 e. The van der Waals surface area contributed by atoms with Gasteiger partial charge in [0, 0.05) is 6.20 Å². The molecule has 1 unspecified atom stereocenters. The van der Waals surface area contributed by atoms with Crippen molar-refractivity contribution in [3.05, 3.63) is 23.4 Å². The number of rotatable bonds is 8. The van der Waals surface area contributed by atoms with E-state index in [0.717, 1.165) is 17.2 Å². The molecular formula is C13H19ClN2O2S. The number of nitrogens with zero attached hydrogens (tertiary/aromatic N) is 1. The molecule has 0 amide bonds. The number of thioether (sulfide) groups is 1. The number of aromatic nitrogens is 1. The lowest BCUT2D eigenvalue weighted by Crippen LogP contribution is -2.49. The summed E-state index contributed by atoms with van der Waals surface area (Å²) in [6.45, 7) is 1.89. The van der Waals surface area contributed by atoms with Crippen molar-refractivity contribution in [3.8, 4) is 0 Å². The Morgan fingerprint density at radius 2 is 2.32 bits per heavy atom. The van der Waals surface area contributed by atoms with Crippen molar-refractivity contribution < 1.29 is 9.90 Å². The van der Waals surface area contributed by atoms with Crippen LogP contribution in [0.4, 0.5) is 0 Å². The van der Waals surface area contributed by atoms with Gasteiger partial charge in [-0.3, -0.25) is 4.79 Å². The molecule has 6 heteroatoms. The number of carboxylic acid groups (broad SMARTS) is 1. The van der Waals surface area contributed by atoms with Gasteiger partial charge in [0.2, 0.25) is 0 Å². The summed E-state index contributed by atoms with van der Waals surface area (Å²) in [7, 11) is 1.70. The molecule has 0 aromatic carbocycles. The quantitative estimate of drug-likeness (QED) is 0.571. The molecule has 1 aromatic heterocycles. The molecular weight excluding hydrogens is 284 g/mol. The Hall–Kier alpha value is -0.780. The van der Waals surface area contributed by atoms with E-state index in [1.165, 1.54) is 0 Å². The molecule has 0 radical (unpaired) electrons. The number of pyridine rings is 1. The lowest BCUT2D eigenvalue weighted by Gasteiger charge is -2.27. The van der Waals surface area contributed by atoms with Crippen molar-refractivity contribution in [2.75, 3.05) is 12.8 Å². The molecule has 2 N–H and O–H groups in total. The van der Waals surface area contributed by atoms with Gasteiger partial charge >= 0.3 is 5.97 Å². The number of hydrogen-bond donors (Lipinski definition) is 2. The van der Waals surface area contributed by atoms with Crippen molar-refractivity contribution in [1.29, 1.82) is 0 Å². The fraction of sp³-hybridized carbons (Fsp3) is 0.538. The van der Waals surface area contributed by atoms with E-state index < -0.39 is 11.5 Å². The van der Waals surface area contributed by atoms with Gasteiger partial charge in [0.05, 0.1) is 10.0 Å². The van der Waals surface area contributed by atoms with Crippen LogP contribution in [0.1, 0.15) is 26.2 Å². The second-order valence-corrected chi connectivity index (χ2v) is 5.81. The second-order valence-electron chi connectivity index (χ2n) is 4.26. The Kier molecular flexibility index (Phi) is 6.62. The first-order valence-corrected chi connectivity index (χ1v) is 7.57. The van der Waals surface area contributed by atoms with Gasteiger partial charge in [0.25, 0.3) is 0 Å². The first kappa shape index (κ1) is 16.3. The number of nitrogens with one attached hydrogen (secondary N) is 1. The molecule has 0 saturated carbocycles. The van der Waals surface area contributed by atoms with Crippen molar-refractivity contribution in [3.63, 3.8) is 0 Å². The highest BCUT2D eigenvalue weighted by Gasteiger charge is 2.33. The summed E-state index contributed by atoms with van der Waals surface area (Å²) in [5.74, 6) is 0.0536. The van der Waals surface area contributed by atoms with E-state index in [4.69, 9.17) is 11.6 Å². The maximum Gasteiger partial charge on any atom is 0.323 e. The molecule has 19 heavy (non-hydrogen) atoms. The monoisotopic (exact) mass is 302 g/mol. The molecule has 0 fully saturated rings. The zero-order valence-corrected chi connectivity index (χ0v) is 12.7. The van der Waals surface area contributed by atoms with E-state index in [2.05, 4.69) is 10.3 Å². The van der Waals surface area contributed by atoms with Crippen LogP contribution < -0.4 is 5.32 Å². The fourth-order valence-electron chi connectivity index (χ4n) is 1.84. The summed E-state index contributed by atoms with van der Waals surface area (Å²) in [6.07, 6.45) is 3.61. The van der Waals surface area contributed by atoms with Crippen LogP contribution in [-0.2, 0) is 4.79 Å². The van der Waals surface area contributed by atoms with Crippen molar-refractivity contribution in [2.24, 2.45) is 0 Å². The minimum atomic E-state index is -0.812. The Morgan fingerprint density at radius 3 is 2.79 bits per heavy atom. The average Bonchev–Trinajstić information content (AvgIpc) is 2.41. The lowest BCUT2D eigenvalue weighted by molar-refractivity contribution is -0.145. The summed E-state index contributed by atoms with van der Waals surface area (Å²) in [5, 5.41) is 13.7. The normalized spacial score (nSPS) is 14.1. The summed E-state index contributed by atoms with van der Waals surface area (Å²) in [6, 6.07) is 3.67. The molecule has 4 nitrogen and oxygen atoms in total. The summed E-state index contributed by atoms with van der Waals surface area (Å²) < 4.78 is 0. The number of likely N-dealkylation sites (N-methyl/N-ethyl adjacent to an activating group) is 1. The van der Waals surface area contributed by atoms with Gasteiger partial charge in [-0.25, -0.2) is 4.98 Å². The molecule has 0 saturated heterocycles. The summed E-state index contributed by atoms with van der Waals surface area (Å²) in [5.41, 5.74) is -0.812. The standard InChI is InChI=1S/C13H19ClN2O2S/c1-3-13(15-2,12(17)18)7-4-8-19-11-6-5-10(14)9-16-11/h5-6,9,15H,3-4,7-8H2,1-2H3,(H,17,18). The average molecular weight is 303 g/mol. The Bertz CT molecular complexity index is 408. The van der Waals surface area contributed by atoms with E-state index >= 15 is 0 Å². The first-order valence-electron chi connectivity index (χ1n) is 6.20. The maximum absolute atomic E-state index is 11.3. The Balaban J connectivity index is 2.41. The Morgan fingerprint density at radius 1 is 1.58 bits per heavy atom. The predicted molar refractivity (Wildman–Crippen MR) is 78.9 cm³/mol. The number of aliphatic carboxylic acids is 1. The summed E-state index contributed by atoms with van der Waals surface area (Å²) >= 11 is 7.37. The molecule has 1 heterocycles. The van der Waals surface area contributed by atoms with Gasteiger partial charge < -0.3 is 10.4 Å². The van der Waals surface area contributed by atoms with E-state index in [-0.39, 0.29) is 0 Å². The van der Waals surface area contributed by atoms with E-state index in [9.17, 15) is 9.90 Å². The van der Waals surface area contributed by atoms with Crippen LogP contribution in [0.2, 0.25) is 5.02 Å². The number of halogens is 1. The van der Waals surface area contributed by atoms with Crippen LogP contribution in [0.5, 0.6) is 0 Å². The fourth-order valence-corrected chi connectivity index (χ4v) is 2.74. The summed E-state index contributed by atoms with van der Waals surface area (Å²) in [4.78, 5) is 15.5. The van der Waals surface area contributed by atoms with Crippen molar-refractivity contribution >= 4 is 29.3 Å². The topological polar surface area (TPSA) is 62.2 Å². The molecule has 0 spiro atoms. The smallest absolute Gasteiger partial charge is 0.323 e. The molecule has 1 atom stereocenters. The zero-order valence-electron chi connectivity index (χ0n) is 11.1. The number of carboxylic acids is 1. The number of hydrogen-bond acceptors (Lipinski definition) is 4. The maximum atomic E-state index is 11.3. The largest absolute Gasteiger partial charge is 0.480 e. The van der Waals surface area contributed by atoms with Crippen LogP contribution in [0.25, 0.3) is 0 Å². The molecule has 1 aromatic rings. The van der Waals surface area contributed by atoms with Crippen molar-refractivity contribution in [2.45, 2.75) is 36.8 Å². The number of carbonyl (C=O) groups is 1. The highest BCUT2D eigenvalue weighted by Crippen LogP contribution is 2.22. The van der Waals surface area contributed by atoms with Gasteiger partial charge in [-0.2, -0.15) is 0 Å². The van der Waals surface area contributed by atoms with E-state index in [0.29, 0.717) is 17.9 Å².